The summed E-state index contributed by atoms with van der Waals surface area (Å²) >= 11 is 1.56. The third-order valence-corrected chi connectivity index (χ3v) is 10.4. The minimum absolute atomic E-state index is 0.0574. The number of aryl methyl sites for hydroxylation is 1. The molecule has 1 aromatic heterocycles. The van der Waals surface area contributed by atoms with Gasteiger partial charge in [0.25, 0.3) is 0 Å². The molecule has 0 spiro atoms. The number of nitrogens with zero attached hydrogens (tertiary/aromatic N) is 3. The fourth-order valence-electron chi connectivity index (χ4n) is 7.16. The van der Waals surface area contributed by atoms with E-state index in [4.69, 9.17) is 5.73 Å². The van der Waals surface area contributed by atoms with Crippen LogP contribution in [0, 0.1) is 6.92 Å². The number of alkyl halides is 3. The molecule has 0 atom stereocenters. The van der Waals surface area contributed by atoms with Crippen LogP contribution in [-0.2, 0) is 30.0 Å². The summed E-state index contributed by atoms with van der Waals surface area (Å²) in [5.41, 5.74) is 9.00. The Kier molecular flexibility index (Phi) is 6.83. The lowest BCUT2D eigenvalue weighted by molar-refractivity contribution is -0.138. The predicted molar refractivity (Wildman–Crippen MR) is 152 cm³/mol. The number of nitrogens with two attached hydrogens (primary N) is 1. The van der Waals surface area contributed by atoms with Crippen molar-refractivity contribution in [2.24, 2.45) is 0 Å². The smallest absolute Gasteiger partial charge is 0.375 e. The highest BCUT2D eigenvalue weighted by molar-refractivity contribution is 7.15. The van der Waals surface area contributed by atoms with Gasteiger partial charge in [0.2, 0.25) is 0 Å². The summed E-state index contributed by atoms with van der Waals surface area (Å²) in [6, 6.07) is 10.2. The number of thiazole rings is 1. The fraction of sp³-hybridized carbons (Fsp3) is 0.484. The van der Waals surface area contributed by atoms with E-state index in [-0.39, 0.29) is 35.1 Å². The lowest BCUT2D eigenvalue weighted by atomic mass is 9.33. The Morgan fingerprint density at radius 3 is 2.35 bits per heavy atom. The number of carbonyl (C=O) groups is 1. The summed E-state index contributed by atoms with van der Waals surface area (Å²) in [5, 5.41) is 0.592. The number of anilines is 1. The summed E-state index contributed by atoms with van der Waals surface area (Å²) in [7, 11) is 0. The van der Waals surface area contributed by atoms with E-state index in [9.17, 15) is 18.0 Å². The van der Waals surface area contributed by atoms with Gasteiger partial charge < -0.3 is 10.6 Å². The highest BCUT2D eigenvalue weighted by atomic mass is 32.1. The van der Waals surface area contributed by atoms with Gasteiger partial charge in [-0.15, -0.1) is 11.3 Å². The van der Waals surface area contributed by atoms with Gasteiger partial charge in [-0.1, -0.05) is 31.2 Å². The minimum atomic E-state index is -4.47. The molecular weight excluding hydrogens is 533 g/mol. The van der Waals surface area contributed by atoms with E-state index in [0.717, 1.165) is 57.5 Å². The number of Topliss-reactive ketones (excluding diaryl/α,β-unsaturated/α-hetero) is 1. The minimum Gasteiger partial charge on any atom is -0.375 e. The first kappa shape index (κ1) is 27.4. The fourth-order valence-corrected chi connectivity index (χ4v) is 8.03. The molecule has 212 valence electrons. The molecule has 0 unspecified atom stereocenters. The summed E-state index contributed by atoms with van der Waals surface area (Å²) in [6.07, 6.45) is 0.415. The standard InChI is InChI=1S/C31H35F3N4OS/c1-3-37-8-10-38(11-9-37)16-23-7-5-21(12-25(23)31(32,33)34)13-26(39)22-6-4-20(2)24(14-22)29-17-30(18-29,19-29)27-15-36-28(35)40-27/h4-7,12,14-15H,3,8-11,13,16-19H2,1-2H3,(H2,35,36). The molecule has 4 fully saturated rings. The highest BCUT2D eigenvalue weighted by Gasteiger charge is 2.69. The molecule has 2 heterocycles. The molecule has 1 aliphatic heterocycles. The third-order valence-electron chi connectivity index (χ3n) is 9.36. The molecule has 9 heteroatoms. The van der Waals surface area contributed by atoms with Crippen molar-refractivity contribution < 1.29 is 18.0 Å². The molecule has 2 aromatic carbocycles. The van der Waals surface area contributed by atoms with E-state index in [2.05, 4.69) is 28.6 Å². The molecule has 1 saturated heterocycles. The number of carbonyl (C=O) groups excluding carboxylic acids is 1. The van der Waals surface area contributed by atoms with Gasteiger partial charge in [0.1, 0.15) is 0 Å². The average molecular weight is 569 g/mol. The molecule has 7 rings (SSSR count). The quantitative estimate of drug-likeness (QED) is 0.339. The van der Waals surface area contributed by atoms with Crippen molar-refractivity contribution in [1.29, 1.82) is 0 Å². The van der Waals surface area contributed by atoms with Crippen LogP contribution in [0.25, 0.3) is 0 Å². The van der Waals surface area contributed by atoms with E-state index in [0.29, 0.717) is 16.3 Å². The topological polar surface area (TPSA) is 62.5 Å². The number of benzene rings is 2. The van der Waals surface area contributed by atoms with Crippen LogP contribution in [0.2, 0.25) is 0 Å². The summed E-state index contributed by atoms with van der Waals surface area (Å²) in [6.45, 7) is 8.62. The second-order valence-corrected chi connectivity index (χ2v) is 13.0. The van der Waals surface area contributed by atoms with Crippen molar-refractivity contribution in [2.45, 2.75) is 63.1 Å². The number of halogens is 3. The highest BCUT2D eigenvalue weighted by Crippen LogP contribution is 2.74. The van der Waals surface area contributed by atoms with E-state index < -0.39 is 11.7 Å². The number of hydrogen-bond donors (Lipinski definition) is 1. The van der Waals surface area contributed by atoms with Crippen LogP contribution in [0.4, 0.5) is 18.3 Å². The van der Waals surface area contributed by atoms with Crippen molar-refractivity contribution in [3.8, 4) is 0 Å². The van der Waals surface area contributed by atoms with Gasteiger partial charge in [-0.25, -0.2) is 4.98 Å². The normalized spacial score (nSPS) is 24.9. The van der Waals surface area contributed by atoms with Crippen LogP contribution in [0.1, 0.15) is 69.2 Å². The summed E-state index contributed by atoms with van der Waals surface area (Å²) in [5.74, 6) is -0.158. The van der Waals surface area contributed by atoms with Crippen molar-refractivity contribution >= 4 is 22.3 Å². The number of ketones is 1. The van der Waals surface area contributed by atoms with Crippen molar-refractivity contribution in [3.05, 3.63) is 80.9 Å². The van der Waals surface area contributed by atoms with Crippen molar-refractivity contribution in [2.75, 3.05) is 38.5 Å². The van der Waals surface area contributed by atoms with Gasteiger partial charge in [-0.2, -0.15) is 13.2 Å². The summed E-state index contributed by atoms with van der Waals surface area (Å²) < 4.78 is 42.2. The molecule has 5 nitrogen and oxygen atoms in total. The largest absolute Gasteiger partial charge is 0.416 e. The SMILES string of the molecule is CCN1CCN(Cc2ccc(CC(=O)c3ccc(C)c(C45CC(c6cnc(N)s6)(C4)C5)c3)cc2C(F)(F)F)CC1. The molecule has 3 aliphatic carbocycles. The first-order valence-electron chi connectivity index (χ1n) is 14.0. The number of likely N-dealkylation sites (N-methyl/N-ethyl adjacent to an activating group) is 1. The first-order valence-corrected chi connectivity index (χ1v) is 14.8. The molecule has 3 saturated carbocycles. The van der Waals surface area contributed by atoms with Gasteiger partial charge in [0.05, 0.1) is 5.56 Å². The number of piperazine rings is 1. The Morgan fingerprint density at radius 1 is 1.02 bits per heavy atom. The van der Waals surface area contributed by atoms with Crippen LogP contribution < -0.4 is 5.73 Å². The maximum atomic E-state index is 14.1. The zero-order chi connectivity index (χ0) is 28.3. The Balaban J connectivity index is 1.16. The average Bonchev–Trinajstić information content (AvgIpc) is 3.30. The Morgan fingerprint density at radius 2 is 1.73 bits per heavy atom. The number of aromatic nitrogens is 1. The van der Waals surface area contributed by atoms with E-state index in [1.807, 2.05) is 18.3 Å². The first-order chi connectivity index (χ1) is 19.0. The maximum Gasteiger partial charge on any atom is 0.416 e. The van der Waals surface area contributed by atoms with Gasteiger partial charge in [0, 0.05) is 61.2 Å². The second-order valence-electron chi connectivity index (χ2n) is 12.0. The van der Waals surface area contributed by atoms with E-state index in [1.54, 1.807) is 29.5 Å². The molecule has 2 bridgehead atoms. The zero-order valence-electron chi connectivity index (χ0n) is 23.0. The summed E-state index contributed by atoms with van der Waals surface area (Å²) in [4.78, 5) is 23.2. The van der Waals surface area contributed by atoms with Crippen LogP contribution >= 0.6 is 11.3 Å². The maximum absolute atomic E-state index is 14.1. The van der Waals surface area contributed by atoms with E-state index in [1.165, 1.54) is 16.5 Å². The molecule has 40 heavy (non-hydrogen) atoms. The molecule has 2 N–H and O–H groups in total. The molecule has 0 radical (unpaired) electrons. The molecule has 4 aliphatic rings. The zero-order valence-corrected chi connectivity index (χ0v) is 23.8. The van der Waals surface area contributed by atoms with Crippen LogP contribution in [-0.4, -0.2) is 53.3 Å². The lowest BCUT2D eigenvalue weighted by Gasteiger charge is -2.71. The van der Waals surface area contributed by atoms with Gasteiger partial charge in [-0.3, -0.25) is 9.69 Å². The van der Waals surface area contributed by atoms with Gasteiger partial charge >= 0.3 is 6.18 Å². The third kappa shape index (κ3) is 4.86. The van der Waals surface area contributed by atoms with Gasteiger partial charge in [0.15, 0.2) is 10.9 Å². The molecule has 0 amide bonds. The van der Waals surface area contributed by atoms with Crippen LogP contribution in [0.15, 0.2) is 42.6 Å². The Bertz CT molecular complexity index is 1420. The van der Waals surface area contributed by atoms with Crippen molar-refractivity contribution in [1.82, 2.24) is 14.8 Å². The number of rotatable bonds is 8. The lowest BCUT2D eigenvalue weighted by Crippen LogP contribution is -2.67. The van der Waals surface area contributed by atoms with Crippen molar-refractivity contribution in [3.63, 3.8) is 0 Å². The monoisotopic (exact) mass is 568 g/mol. The van der Waals surface area contributed by atoms with Crippen LogP contribution in [0.5, 0.6) is 0 Å². The second kappa shape index (κ2) is 9.96. The van der Waals surface area contributed by atoms with Gasteiger partial charge in [-0.05, 0) is 72.5 Å². The predicted octanol–water partition coefficient (Wildman–Crippen LogP) is 5.99. The van der Waals surface area contributed by atoms with E-state index >= 15 is 0 Å². The Labute approximate surface area is 237 Å². The number of hydrogen-bond acceptors (Lipinski definition) is 6. The number of nitrogen functional groups attached to an aromatic ring is 1. The molecule has 3 aromatic rings. The molecular formula is C31H35F3N4OS. The van der Waals surface area contributed by atoms with Crippen LogP contribution in [0.3, 0.4) is 0 Å². The Hall–Kier alpha value is -2.75.